The van der Waals surface area contributed by atoms with E-state index in [4.69, 9.17) is 5.53 Å². The van der Waals surface area contributed by atoms with Crippen LogP contribution in [0, 0.1) is 0 Å². The molecule has 31 valence electrons. The van der Waals surface area contributed by atoms with E-state index in [1.54, 1.807) is 0 Å². The Morgan fingerprint density at radius 1 is 2.00 bits per heavy atom. The first-order valence-corrected chi connectivity index (χ1v) is 1.42. The van der Waals surface area contributed by atoms with Gasteiger partial charge in [-0.2, -0.15) is 4.79 Å². The molecule has 0 aliphatic carbocycles. The quantitative estimate of drug-likeness (QED) is 0.259. The molecule has 3 nitrogen and oxygen atoms in total. The van der Waals surface area contributed by atoms with E-state index in [9.17, 15) is 4.79 Å². The van der Waals surface area contributed by atoms with E-state index in [0.29, 0.717) is 0 Å². The lowest BCUT2D eigenvalue weighted by molar-refractivity contribution is 0.00207. The maximum atomic E-state index is 9.24. The molecule has 0 aromatic heterocycles. The Hall–Kier alpha value is -0.950. The molecule has 0 aromatic carbocycles. The van der Waals surface area contributed by atoms with Crippen molar-refractivity contribution in [3.05, 3.63) is 5.53 Å². The molecule has 0 spiro atoms. The Morgan fingerprint density at radius 2 is 2.67 bits per heavy atom. The summed E-state index contributed by atoms with van der Waals surface area (Å²) < 4.78 is 0. The predicted molar refractivity (Wildman–Crippen MR) is 20.0 cm³/mol. The summed E-state index contributed by atoms with van der Waals surface area (Å²) in [6.07, 6.45) is 2.64. The van der Waals surface area contributed by atoms with Crippen LogP contribution >= 0.6 is 0 Å². The highest BCUT2D eigenvalue weighted by Crippen LogP contribution is 1.51. The normalized spacial score (nSPS) is 6.00. The van der Waals surface area contributed by atoms with Crippen LogP contribution in [0.3, 0.4) is 0 Å². The second-order valence-electron chi connectivity index (χ2n) is 0.647. The molecule has 0 aliphatic rings. The molecule has 0 rings (SSSR count). The van der Waals surface area contributed by atoms with Crippen molar-refractivity contribution >= 4 is 12.5 Å². The highest BCUT2D eigenvalue weighted by molar-refractivity contribution is 5.73. The maximum Gasteiger partial charge on any atom is 0.265 e. The third-order valence-corrected chi connectivity index (χ3v) is 0.256. The smallest absolute Gasteiger partial charge is 0.265 e. The minimum absolute atomic E-state index is 0.0660. The van der Waals surface area contributed by atoms with Gasteiger partial charge in [-0.15, -0.1) is 0 Å². The maximum absolute atomic E-state index is 9.24. The van der Waals surface area contributed by atoms with Crippen molar-refractivity contribution in [2.24, 2.45) is 0 Å². The van der Waals surface area contributed by atoms with Gasteiger partial charge in [0.1, 0.15) is 6.42 Å². The van der Waals surface area contributed by atoms with E-state index < -0.39 is 0 Å². The van der Waals surface area contributed by atoms with Crippen LogP contribution in [-0.4, -0.2) is 17.3 Å². The minimum atomic E-state index is 0.0660. The van der Waals surface area contributed by atoms with Crippen LogP contribution < -0.4 is 0 Å². The Kier molecular flexibility index (Phi) is 3.41. The van der Waals surface area contributed by atoms with Gasteiger partial charge in [0.15, 0.2) is 0 Å². The molecule has 0 bridgehead atoms. The van der Waals surface area contributed by atoms with Crippen LogP contribution in [0.5, 0.6) is 0 Å². The van der Waals surface area contributed by atoms with Crippen LogP contribution in [-0.2, 0) is 4.79 Å². The summed E-state index contributed by atoms with van der Waals surface area (Å²) in [5.41, 5.74) is 7.59. The molecular weight excluding hydrogens is 80.0 g/mol. The number of hydrogen-bond acceptors (Lipinski definition) is 1. The number of hydrogen-bond donors (Lipinski definition) is 0. The van der Waals surface area contributed by atoms with E-state index in [2.05, 4.69) is 4.79 Å². The SMILES string of the molecule is [N-]=[N+]=CC[C]=O. The molecule has 0 atom stereocenters. The number of nitrogens with zero attached hydrogens (tertiary/aromatic N) is 2. The second-order valence-corrected chi connectivity index (χ2v) is 0.647. The van der Waals surface area contributed by atoms with Crippen LogP contribution in [0.15, 0.2) is 0 Å². The van der Waals surface area contributed by atoms with Gasteiger partial charge < -0.3 is 5.53 Å². The van der Waals surface area contributed by atoms with Crippen LogP contribution in [0.25, 0.3) is 5.53 Å². The van der Waals surface area contributed by atoms with Gasteiger partial charge in [-0.1, -0.05) is 0 Å². The Morgan fingerprint density at radius 3 is 2.83 bits per heavy atom. The third kappa shape index (κ3) is 3.05. The third-order valence-electron chi connectivity index (χ3n) is 0.256. The average Bonchev–Trinajstić information content (AvgIpc) is 1.61. The van der Waals surface area contributed by atoms with Gasteiger partial charge in [-0.05, 0) is 0 Å². The fourth-order valence-electron chi connectivity index (χ4n) is 0.0781. The molecule has 6 heavy (non-hydrogen) atoms. The molecule has 1 radical (unpaired) electrons. The summed E-state index contributed by atoms with van der Waals surface area (Å²) in [5.74, 6) is 0. The van der Waals surface area contributed by atoms with E-state index >= 15 is 0 Å². The fourth-order valence-corrected chi connectivity index (χ4v) is 0.0781. The zero-order chi connectivity index (χ0) is 4.83. The summed E-state index contributed by atoms with van der Waals surface area (Å²) in [7, 11) is 0. The van der Waals surface area contributed by atoms with E-state index in [0.717, 1.165) is 6.21 Å². The largest absolute Gasteiger partial charge is 0.362 e. The van der Waals surface area contributed by atoms with Crippen LogP contribution in [0.4, 0.5) is 0 Å². The first-order chi connectivity index (χ1) is 2.91. The van der Waals surface area contributed by atoms with E-state index in [1.807, 2.05) is 0 Å². The van der Waals surface area contributed by atoms with Crippen molar-refractivity contribution in [1.82, 2.24) is 0 Å². The molecule has 0 fully saturated rings. The molecule has 0 N–H and O–H groups in total. The van der Waals surface area contributed by atoms with Gasteiger partial charge in [0, 0.05) is 0 Å². The van der Waals surface area contributed by atoms with Crippen molar-refractivity contribution in [2.75, 3.05) is 0 Å². The first-order valence-electron chi connectivity index (χ1n) is 1.42. The Labute approximate surface area is 35.2 Å². The van der Waals surface area contributed by atoms with Crippen molar-refractivity contribution in [1.29, 1.82) is 0 Å². The lowest BCUT2D eigenvalue weighted by atomic mass is 10.5. The van der Waals surface area contributed by atoms with E-state index in [1.165, 1.54) is 6.29 Å². The van der Waals surface area contributed by atoms with Gasteiger partial charge in [0.2, 0.25) is 6.29 Å². The Balaban J connectivity index is 3.07. The summed E-state index contributed by atoms with van der Waals surface area (Å²) >= 11 is 0. The summed E-state index contributed by atoms with van der Waals surface area (Å²) in [5, 5.41) is 0. The summed E-state index contributed by atoms with van der Waals surface area (Å²) in [6, 6.07) is 0. The Bertz CT molecular complexity index is 82.8. The molecule has 0 aliphatic heterocycles. The highest BCUT2D eigenvalue weighted by atomic mass is 16.1. The minimum Gasteiger partial charge on any atom is -0.362 e. The molecule has 0 amide bonds. The molecule has 0 saturated carbocycles. The fraction of sp³-hybridized carbons (Fsp3) is 0.333. The van der Waals surface area contributed by atoms with Gasteiger partial charge >= 0.3 is 0 Å². The van der Waals surface area contributed by atoms with Crippen molar-refractivity contribution in [3.63, 3.8) is 0 Å². The number of rotatable bonds is 2. The first kappa shape index (κ1) is 5.05. The van der Waals surface area contributed by atoms with Gasteiger partial charge in [0.05, 0.1) is 0 Å². The zero-order valence-corrected chi connectivity index (χ0v) is 3.09. The van der Waals surface area contributed by atoms with Gasteiger partial charge in [-0.25, -0.2) is 0 Å². The predicted octanol–water partition coefficient (Wildman–Crippen LogP) is -0.213. The summed E-state index contributed by atoms with van der Waals surface area (Å²) in [6.45, 7) is 0. The van der Waals surface area contributed by atoms with Crippen molar-refractivity contribution in [2.45, 2.75) is 6.42 Å². The molecule has 0 aromatic rings. The van der Waals surface area contributed by atoms with Crippen molar-refractivity contribution < 1.29 is 9.58 Å². The summed E-state index contributed by atoms with van der Waals surface area (Å²) in [4.78, 5) is 11.8. The lowest BCUT2D eigenvalue weighted by Gasteiger charge is -1.50. The molecule has 3 heteroatoms. The zero-order valence-electron chi connectivity index (χ0n) is 3.09. The number of carbonyl (C=O) groups excluding carboxylic acids is 1. The molecule has 0 unspecified atom stereocenters. The average molecular weight is 83.1 g/mol. The molecule has 0 heterocycles. The highest BCUT2D eigenvalue weighted by Gasteiger charge is 1.74. The monoisotopic (exact) mass is 83.0 g/mol. The van der Waals surface area contributed by atoms with Crippen LogP contribution in [0.1, 0.15) is 6.42 Å². The van der Waals surface area contributed by atoms with Crippen LogP contribution in [0.2, 0.25) is 0 Å². The standard InChI is InChI=1S/C3H3N2O/c4-5-2-1-3-6/h2H,1H2. The van der Waals surface area contributed by atoms with Gasteiger partial charge in [-0.3, -0.25) is 4.79 Å². The molecule has 0 saturated heterocycles. The lowest BCUT2D eigenvalue weighted by Crippen LogP contribution is -1.73. The van der Waals surface area contributed by atoms with Gasteiger partial charge in [0.25, 0.3) is 6.21 Å². The molecular formula is C3H3N2O. The van der Waals surface area contributed by atoms with Crippen molar-refractivity contribution in [3.8, 4) is 0 Å². The topological polar surface area (TPSA) is 53.5 Å². The second kappa shape index (κ2) is 4.05. The van der Waals surface area contributed by atoms with E-state index in [-0.39, 0.29) is 6.42 Å².